The Kier molecular flexibility index (Phi) is 11.4. The van der Waals surface area contributed by atoms with Gasteiger partial charge in [0.2, 0.25) is 14.1 Å². The summed E-state index contributed by atoms with van der Waals surface area (Å²) >= 11 is 0. The van der Waals surface area contributed by atoms with Crippen LogP contribution in [0.5, 0.6) is 0 Å². The number of hydrogen-bond acceptors (Lipinski definition) is 3. The Balaban J connectivity index is 0. The van der Waals surface area contributed by atoms with Gasteiger partial charge in [0.1, 0.15) is 0 Å². The van der Waals surface area contributed by atoms with Gasteiger partial charge in [-0.1, -0.05) is 41.5 Å². The van der Waals surface area contributed by atoms with Gasteiger partial charge in [-0.3, -0.25) is 0 Å². The summed E-state index contributed by atoms with van der Waals surface area (Å²) in [5.74, 6) is 0. The molecule has 4 nitrogen and oxygen atoms in total. The maximum atomic E-state index is 10.7. The third kappa shape index (κ3) is 8.27. The fourth-order valence-electron chi connectivity index (χ4n) is 2.12. The normalized spacial score (nSPS) is 13.1. The molecule has 0 fully saturated rings. The number of nitrogens with zero attached hydrogens (tertiary/aromatic N) is 1. The van der Waals surface area contributed by atoms with Crippen molar-refractivity contribution >= 4 is 24.2 Å². The molecule has 0 bridgehead atoms. The lowest BCUT2D eigenvalue weighted by Crippen LogP contribution is -2.21. The van der Waals surface area contributed by atoms with Gasteiger partial charge < -0.3 is 4.55 Å². The molecular weight excluding hydrogens is 369 g/mol. The van der Waals surface area contributed by atoms with Crippen LogP contribution in [-0.4, -0.2) is 55.5 Å². The van der Waals surface area contributed by atoms with Gasteiger partial charge in [0.15, 0.2) is 10.1 Å². The molecule has 0 atom stereocenters. The SMILES string of the molecule is CCP(CC)(CC)=[N+]=P(CC)(CC)CC.O=S(=O)([O-])C(F)(F)F. The van der Waals surface area contributed by atoms with Crippen molar-refractivity contribution in [3.05, 3.63) is 0 Å². The average molecular weight is 399 g/mol. The van der Waals surface area contributed by atoms with Crippen molar-refractivity contribution in [2.75, 3.05) is 37.0 Å². The summed E-state index contributed by atoms with van der Waals surface area (Å²) in [5, 5.41) is 0. The van der Waals surface area contributed by atoms with Crippen molar-refractivity contribution in [2.24, 2.45) is 0 Å². The second-order valence-electron chi connectivity index (χ2n) is 5.08. The summed E-state index contributed by atoms with van der Waals surface area (Å²) in [4.78, 5) is 0. The van der Waals surface area contributed by atoms with Gasteiger partial charge in [0, 0.05) is 37.0 Å². The number of alkyl halides is 3. The highest BCUT2D eigenvalue weighted by Gasteiger charge is 2.37. The van der Waals surface area contributed by atoms with Crippen molar-refractivity contribution < 1.29 is 26.1 Å². The monoisotopic (exact) mass is 399 g/mol. The molecule has 142 valence electrons. The quantitative estimate of drug-likeness (QED) is 0.283. The topological polar surface area (TPSA) is 71.3 Å². The van der Waals surface area contributed by atoms with Gasteiger partial charge in [-0.05, 0) is 0 Å². The van der Waals surface area contributed by atoms with Gasteiger partial charge in [0.25, 0.3) is 0 Å². The van der Waals surface area contributed by atoms with Crippen molar-refractivity contribution in [2.45, 2.75) is 47.1 Å². The lowest BCUT2D eigenvalue weighted by Gasteiger charge is -2.11. The van der Waals surface area contributed by atoms with Crippen LogP contribution in [-0.2, 0) is 10.1 Å². The second-order valence-corrected chi connectivity index (χ2v) is 15.3. The Hall–Kier alpha value is 0.270. The molecule has 0 aliphatic rings. The highest BCUT2D eigenvalue weighted by Crippen LogP contribution is 2.52. The molecule has 0 aromatic heterocycles. The van der Waals surface area contributed by atoms with Crippen LogP contribution in [0, 0.1) is 0 Å². The standard InChI is InChI=1S/C12H30NP2.CHF3O3S/c1-7-14(8-2,9-3)13-15(10-4,11-5)12-6;2-1(3,4)8(5,6)7/h7-12H2,1-6H3;(H,5,6,7)/q+1;/p-1. The molecule has 0 heterocycles. The largest absolute Gasteiger partial charge is 0.741 e. The minimum atomic E-state index is -6.09. The predicted octanol–water partition coefficient (Wildman–Crippen LogP) is 4.63. The summed E-state index contributed by atoms with van der Waals surface area (Å²) in [7, 11) is -7.96. The molecule has 0 spiro atoms. The first kappa shape index (κ1) is 25.5. The molecule has 0 unspecified atom stereocenters. The summed E-state index contributed by atoms with van der Waals surface area (Å²) in [6.07, 6.45) is 7.93. The lowest BCUT2D eigenvalue weighted by atomic mass is 10.9. The summed E-state index contributed by atoms with van der Waals surface area (Å²) in [6.45, 7) is 14.1. The van der Waals surface area contributed by atoms with E-state index in [2.05, 4.69) is 41.5 Å². The van der Waals surface area contributed by atoms with Crippen LogP contribution in [0.1, 0.15) is 41.5 Å². The van der Waals surface area contributed by atoms with Crippen LogP contribution in [0.4, 0.5) is 13.2 Å². The summed E-state index contributed by atoms with van der Waals surface area (Å²) < 4.78 is 64.4. The zero-order valence-corrected chi connectivity index (χ0v) is 17.5. The molecule has 0 rings (SSSR count). The molecule has 0 N–H and O–H groups in total. The fourth-order valence-corrected chi connectivity index (χ4v) is 11.1. The minimum absolute atomic E-state index is 0.936. The van der Waals surface area contributed by atoms with Gasteiger partial charge in [0.05, 0.1) is 0 Å². The van der Waals surface area contributed by atoms with Crippen LogP contribution < -0.4 is 4.17 Å². The van der Waals surface area contributed by atoms with Crippen molar-refractivity contribution in [3.63, 3.8) is 0 Å². The number of halogens is 3. The maximum Gasteiger partial charge on any atom is 0.485 e. The molecule has 0 radical (unpaired) electrons. The molecule has 10 heteroatoms. The second kappa shape index (κ2) is 10.3. The minimum Gasteiger partial charge on any atom is -0.741 e. The highest BCUT2D eigenvalue weighted by atomic mass is 32.2. The predicted molar refractivity (Wildman–Crippen MR) is 95.0 cm³/mol. The van der Waals surface area contributed by atoms with Crippen LogP contribution >= 0.6 is 14.1 Å². The zero-order chi connectivity index (χ0) is 18.9. The Morgan fingerprint density at radius 3 is 1.04 bits per heavy atom. The Morgan fingerprint density at radius 1 is 0.783 bits per heavy atom. The van der Waals surface area contributed by atoms with E-state index in [1.54, 1.807) is 0 Å². The Labute approximate surface area is 139 Å². The maximum absolute atomic E-state index is 10.7. The van der Waals surface area contributed by atoms with Gasteiger partial charge in [-0.25, -0.2) is 8.42 Å². The fraction of sp³-hybridized carbons (Fsp3) is 1.00. The van der Waals surface area contributed by atoms with E-state index < -0.39 is 29.7 Å². The molecular formula is C13H30F3NO3P2S. The zero-order valence-electron chi connectivity index (χ0n) is 14.9. The van der Waals surface area contributed by atoms with E-state index in [1.165, 1.54) is 37.0 Å². The van der Waals surface area contributed by atoms with Crippen LogP contribution in [0.2, 0.25) is 0 Å². The molecule has 23 heavy (non-hydrogen) atoms. The summed E-state index contributed by atoms with van der Waals surface area (Å²) in [5.41, 5.74) is -5.65. The Morgan fingerprint density at radius 2 is 0.957 bits per heavy atom. The first-order valence-electron chi connectivity index (χ1n) is 7.81. The van der Waals surface area contributed by atoms with E-state index in [-0.39, 0.29) is 0 Å². The number of rotatable bonds is 6. The first-order chi connectivity index (χ1) is 10.3. The highest BCUT2D eigenvalue weighted by molar-refractivity contribution is 7.86. The van der Waals surface area contributed by atoms with E-state index >= 15 is 0 Å². The first-order valence-corrected chi connectivity index (χ1v) is 13.8. The van der Waals surface area contributed by atoms with Gasteiger partial charge in [-0.15, -0.1) is 0 Å². The summed E-state index contributed by atoms with van der Waals surface area (Å²) in [6, 6.07) is 0. The van der Waals surface area contributed by atoms with Crippen LogP contribution in [0.25, 0.3) is 0 Å². The molecule has 0 aliphatic heterocycles. The molecule has 0 saturated carbocycles. The lowest BCUT2D eigenvalue weighted by molar-refractivity contribution is -0.0517. The molecule has 0 aliphatic carbocycles. The van der Waals surface area contributed by atoms with E-state index in [0.717, 1.165) is 0 Å². The average Bonchev–Trinajstić information content (AvgIpc) is 2.49. The molecule has 0 saturated heterocycles. The van der Waals surface area contributed by atoms with Crippen LogP contribution in [0.3, 0.4) is 0 Å². The third-order valence-electron chi connectivity index (χ3n) is 4.19. The number of hydrogen-bond donors (Lipinski definition) is 0. The van der Waals surface area contributed by atoms with Crippen molar-refractivity contribution in [3.8, 4) is 0 Å². The van der Waals surface area contributed by atoms with Crippen molar-refractivity contribution in [1.29, 1.82) is 0 Å². The third-order valence-corrected chi connectivity index (χ3v) is 14.9. The van der Waals surface area contributed by atoms with E-state index in [9.17, 15) is 13.2 Å². The van der Waals surface area contributed by atoms with E-state index in [1.807, 2.05) is 0 Å². The van der Waals surface area contributed by atoms with E-state index in [4.69, 9.17) is 17.1 Å². The van der Waals surface area contributed by atoms with Crippen LogP contribution in [0.15, 0.2) is 0 Å². The van der Waals surface area contributed by atoms with Gasteiger partial charge >= 0.3 is 5.51 Å². The Bertz CT molecular complexity index is 503. The van der Waals surface area contributed by atoms with Gasteiger partial charge in [-0.2, -0.15) is 17.3 Å². The smallest absolute Gasteiger partial charge is 0.485 e. The van der Waals surface area contributed by atoms with Crippen molar-refractivity contribution in [1.82, 2.24) is 4.17 Å². The molecule has 0 aromatic carbocycles. The van der Waals surface area contributed by atoms with E-state index in [0.29, 0.717) is 0 Å². The molecule has 0 aromatic rings. The molecule has 0 amide bonds.